The van der Waals surface area contributed by atoms with Crippen molar-refractivity contribution in [3.05, 3.63) is 134 Å². The van der Waals surface area contributed by atoms with Crippen LogP contribution in [0.3, 0.4) is 0 Å². The van der Waals surface area contributed by atoms with Crippen LogP contribution in [-0.4, -0.2) is 25.9 Å². The molecule has 0 atom stereocenters. The number of hydrogen-bond acceptors (Lipinski definition) is 8. The number of carbonyl (C=O) groups excluding carboxylic acids is 1. The number of allylic oxidation sites excluding steroid dienone is 1. The quantitative estimate of drug-likeness (QED) is 0.153. The van der Waals surface area contributed by atoms with Gasteiger partial charge in [-0.3, -0.25) is 4.79 Å². The van der Waals surface area contributed by atoms with Gasteiger partial charge in [-0.15, -0.1) is 4.74 Å². The molecule has 3 aromatic carbocycles. The fourth-order valence-electron chi connectivity index (χ4n) is 4.73. The molecule has 2 aromatic heterocycles. The molecule has 5 aromatic rings. The van der Waals surface area contributed by atoms with Crippen LogP contribution in [0.2, 0.25) is 0 Å². The van der Waals surface area contributed by atoms with Gasteiger partial charge in [-0.25, -0.2) is 19.1 Å². The number of alkyl halides is 3. The molecule has 0 radical (unpaired) electrons. The molecule has 2 heterocycles. The smallest absolute Gasteiger partial charge is 0.443 e. The third-order valence-electron chi connectivity index (χ3n) is 6.98. The Kier molecular flexibility index (Phi) is 9.59. The maximum atomic E-state index is 13.0. The molecule has 0 saturated heterocycles. The van der Waals surface area contributed by atoms with Gasteiger partial charge in [-0.05, 0) is 80.8 Å². The van der Waals surface area contributed by atoms with Gasteiger partial charge in [0.2, 0.25) is 5.89 Å². The molecule has 0 aliphatic heterocycles. The Labute approximate surface area is 272 Å². The van der Waals surface area contributed by atoms with E-state index < -0.39 is 41.3 Å². The van der Waals surface area contributed by atoms with Crippen molar-refractivity contribution >= 4 is 11.5 Å². The van der Waals surface area contributed by atoms with E-state index in [1.165, 1.54) is 12.1 Å². The maximum absolute atomic E-state index is 13.0. The lowest BCUT2D eigenvalue weighted by molar-refractivity contribution is -0.155. The predicted octanol–water partition coefficient (Wildman–Crippen LogP) is 6.64. The second kappa shape index (κ2) is 13.6. The van der Waals surface area contributed by atoms with E-state index in [1.54, 1.807) is 52.0 Å². The molecule has 0 spiro atoms. The summed E-state index contributed by atoms with van der Waals surface area (Å²) in [7, 11) is 0. The van der Waals surface area contributed by atoms with E-state index in [-0.39, 0.29) is 19.0 Å². The minimum absolute atomic E-state index is 0.0233. The molecule has 0 aliphatic rings. The number of nitrogens with zero attached hydrogens (tertiary/aromatic N) is 3. The molecule has 0 saturated carbocycles. The molecule has 10 nitrogen and oxygen atoms in total. The Morgan fingerprint density at radius 1 is 0.938 bits per heavy atom. The number of benzene rings is 3. The fourth-order valence-corrected chi connectivity index (χ4v) is 4.73. The first-order valence-electron chi connectivity index (χ1n) is 14.8. The van der Waals surface area contributed by atoms with Crippen LogP contribution in [0.5, 0.6) is 5.75 Å². The van der Waals surface area contributed by atoms with Crippen LogP contribution in [0.15, 0.2) is 103 Å². The van der Waals surface area contributed by atoms with E-state index in [0.29, 0.717) is 32.9 Å². The number of oxazole rings is 1. The second-order valence-corrected chi connectivity index (χ2v) is 11.8. The number of aromatic nitrogens is 3. The average molecular weight is 664 g/mol. The van der Waals surface area contributed by atoms with E-state index in [4.69, 9.17) is 18.4 Å². The number of aryl methyl sites for hydroxylation is 1. The Morgan fingerprint density at radius 3 is 2.29 bits per heavy atom. The van der Waals surface area contributed by atoms with Gasteiger partial charge < -0.3 is 18.4 Å². The lowest BCUT2D eigenvalue weighted by atomic mass is 9.97. The van der Waals surface area contributed by atoms with E-state index >= 15 is 0 Å². The summed E-state index contributed by atoms with van der Waals surface area (Å²) in [6.45, 7) is 6.04. The lowest BCUT2D eigenvalue weighted by Crippen LogP contribution is -2.35. The van der Waals surface area contributed by atoms with Crippen LogP contribution >= 0.6 is 0 Å². The Balaban J connectivity index is 1.35. The van der Waals surface area contributed by atoms with Crippen molar-refractivity contribution in [2.75, 3.05) is 0 Å². The molecule has 0 unspecified atom stereocenters. The van der Waals surface area contributed by atoms with Crippen molar-refractivity contribution in [2.45, 2.75) is 59.2 Å². The van der Waals surface area contributed by atoms with Gasteiger partial charge in [0, 0.05) is 5.56 Å². The third-order valence-corrected chi connectivity index (χ3v) is 6.98. The Bertz CT molecular complexity index is 2050. The summed E-state index contributed by atoms with van der Waals surface area (Å²) in [5.74, 6) is -0.620. The average Bonchev–Trinajstić information content (AvgIpc) is 3.53. The molecule has 0 N–H and O–H groups in total. The third kappa shape index (κ3) is 8.21. The molecule has 0 amide bonds. The number of esters is 1. The fraction of sp³-hybridized carbons (Fsp3) is 0.257. The molecular formula is C35H32F3N3O7. The summed E-state index contributed by atoms with van der Waals surface area (Å²) in [5.41, 5.74) is 0.752. The largest absolute Gasteiger partial charge is 0.487 e. The standard InChI is InChI=1S/C35H32F3N3O7/c1-22-29(39-31(46-22)24-13-15-26(16-14-24)35(36,37)38)21-45-27-12-8-11-25(19-27)28(23-9-6-5-7-10-23)17-18-41-32(43)40(33(44)48-41)20-30(42)47-34(2,3)4/h5-17,19H,18,20-21H2,1-4H3/b28-17+. The van der Waals surface area contributed by atoms with Crippen LogP contribution < -0.4 is 16.2 Å². The Morgan fingerprint density at radius 2 is 1.62 bits per heavy atom. The monoisotopic (exact) mass is 663 g/mol. The van der Waals surface area contributed by atoms with Crippen molar-refractivity contribution in [2.24, 2.45) is 0 Å². The van der Waals surface area contributed by atoms with Crippen LogP contribution in [0, 0.1) is 6.92 Å². The van der Waals surface area contributed by atoms with Crippen LogP contribution in [0.1, 0.15) is 48.9 Å². The highest BCUT2D eigenvalue weighted by Gasteiger charge is 2.30. The van der Waals surface area contributed by atoms with Crippen molar-refractivity contribution in [3.8, 4) is 17.2 Å². The SMILES string of the molecule is Cc1oc(-c2ccc(C(F)(F)F)cc2)nc1COc1cccc(/C(=C/Cn2oc(=O)n(CC(=O)OC(C)(C)C)c2=O)c2ccccc2)c1. The summed E-state index contributed by atoms with van der Waals surface area (Å²) in [6.07, 6.45) is -2.73. The van der Waals surface area contributed by atoms with Crippen molar-refractivity contribution in [1.29, 1.82) is 0 Å². The van der Waals surface area contributed by atoms with Gasteiger partial charge >= 0.3 is 23.6 Å². The molecular weight excluding hydrogens is 631 g/mol. The second-order valence-electron chi connectivity index (χ2n) is 11.8. The molecule has 0 fully saturated rings. The van der Waals surface area contributed by atoms with Crippen molar-refractivity contribution < 1.29 is 36.4 Å². The number of carbonyl (C=O) groups is 1. The maximum Gasteiger partial charge on any atom is 0.443 e. The highest BCUT2D eigenvalue weighted by atomic mass is 19.4. The van der Waals surface area contributed by atoms with Crippen molar-refractivity contribution in [3.63, 3.8) is 0 Å². The van der Waals surface area contributed by atoms with E-state index in [1.807, 2.05) is 36.4 Å². The molecule has 13 heteroatoms. The summed E-state index contributed by atoms with van der Waals surface area (Å²) in [6, 6.07) is 21.1. The first-order valence-corrected chi connectivity index (χ1v) is 14.8. The predicted molar refractivity (Wildman–Crippen MR) is 169 cm³/mol. The summed E-state index contributed by atoms with van der Waals surface area (Å²) in [5, 5.41) is 0. The van der Waals surface area contributed by atoms with Crippen LogP contribution in [0.4, 0.5) is 13.2 Å². The summed E-state index contributed by atoms with van der Waals surface area (Å²) < 4.78 is 62.5. The number of rotatable bonds is 10. The molecule has 48 heavy (non-hydrogen) atoms. The first-order chi connectivity index (χ1) is 22.7. The highest BCUT2D eigenvalue weighted by molar-refractivity contribution is 5.80. The first kappa shape index (κ1) is 33.8. The van der Waals surface area contributed by atoms with Gasteiger partial charge in [0.1, 0.15) is 36.0 Å². The summed E-state index contributed by atoms with van der Waals surface area (Å²) >= 11 is 0. The zero-order valence-electron chi connectivity index (χ0n) is 26.5. The van der Waals surface area contributed by atoms with Crippen molar-refractivity contribution in [1.82, 2.24) is 14.3 Å². The number of ether oxygens (including phenoxy) is 2. The molecule has 250 valence electrons. The molecule has 5 rings (SSSR count). The van der Waals surface area contributed by atoms with Gasteiger partial charge in [0.15, 0.2) is 0 Å². The Hall–Kier alpha value is -5.59. The topological polar surface area (TPSA) is 119 Å². The zero-order valence-corrected chi connectivity index (χ0v) is 26.5. The van der Waals surface area contributed by atoms with Gasteiger partial charge in [0.05, 0.1) is 12.1 Å². The normalized spacial score (nSPS) is 12.3. The number of halogens is 3. The van der Waals surface area contributed by atoms with E-state index in [9.17, 15) is 27.6 Å². The van der Waals surface area contributed by atoms with E-state index in [0.717, 1.165) is 28.0 Å². The minimum Gasteiger partial charge on any atom is -0.487 e. The van der Waals surface area contributed by atoms with Gasteiger partial charge in [-0.1, -0.05) is 48.5 Å². The number of hydrogen-bond donors (Lipinski definition) is 0. The zero-order chi connectivity index (χ0) is 34.6. The van der Waals surface area contributed by atoms with Gasteiger partial charge in [0.25, 0.3) is 0 Å². The molecule has 0 aliphatic carbocycles. The van der Waals surface area contributed by atoms with E-state index in [2.05, 4.69) is 4.98 Å². The lowest BCUT2D eigenvalue weighted by Gasteiger charge is -2.18. The molecule has 0 bridgehead atoms. The van der Waals surface area contributed by atoms with Crippen LogP contribution in [0.25, 0.3) is 17.0 Å². The summed E-state index contributed by atoms with van der Waals surface area (Å²) in [4.78, 5) is 42.0. The minimum atomic E-state index is -4.45. The highest BCUT2D eigenvalue weighted by Crippen LogP contribution is 2.32. The van der Waals surface area contributed by atoms with Crippen LogP contribution in [-0.2, 0) is 35.4 Å². The van der Waals surface area contributed by atoms with Gasteiger partial charge in [-0.2, -0.15) is 13.2 Å².